The van der Waals surface area contributed by atoms with Gasteiger partial charge in [-0.15, -0.1) is 0 Å². The quantitative estimate of drug-likeness (QED) is 0.410. The molecular weight excluding hydrogens is 116 g/mol. The van der Waals surface area contributed by atoms with E-state index in [2.05, 4.69) is 16.9 Å². The fraction of sp³-hybridized carbons (Fsp3) is 0.333. The maximum Gasteiger partial charge on any atom is 0.251 e. The Bertz CT molecular complexity index is 149. The van der Waals surface area contributed by atoms with E-state index in [1.54, 1.807) is 14.1 Å². The van der Waals surface area contributed by atoms with E-state index in [4.69, 9.17) is 0 Å². The van der Waals surface area contributed by atoms with Crippen LogP contribution < -0.4 is 5.32 Å². The molecule has 3 heteroatoms. The Balaban J connectivity index is 3.89. The summed E-state index contributed by atoms with van der Waals surface area (Å²) in [6, 6.07) is 0. The summed E-state index contributed by atoms with van der Waals surface area (Å²) < 4.78 is 0. The number of likely N-dealkylation sites (N-methyl/N-ethyl adjacent to an activating group) is 1. The van der Waals surface area contributed by atoms with E-state index in [1.165, 1.54) is 6.21 Å². The van der Waals surface area contributed by atoms with Crippen LogP contribution in [0, 0.1) is 0 Å². The van der Waals surface area contributed by atoms with Crippen molar-refractivity contribution in [3.8, 4) is 0 Å². The average molecular weight is 126 g/mol. The molecule has 50 valence electrons. The van der Waals surface area contributed by atoms with Crippen molar-refractivity contribution in [2.45, 2.75) is 0 Å². The van der Waals surface area contributed by atoms with Gasteiger partial charge in [-0.3, -0.25) is 9.79 Å². The molecule has 0 rings (SSSR count). The third kappa shape index (κ3) is 2.64. The Morgan fingerprint density at radius 1 is 1.78 bits per heavy atom. The number of amides is 1. The van der Waals surface area contributed by atoms with Gasteiger partial charge in [0.15, 0.2) is 0 Å². The Labute approximate surface area is 54.5 Å². The van der Waals surface area contributed by atoms with Crippen LogP contribution in [0.4, 0.5) is 0 Å². The number of nitrogens with zero attached hydrogens (tertiary/aromatic N) is 1. The first-order valence-electron chi connectivity index (χ1n) is 2.55. The van der Waals surface area contributed by atoms with E-state index < -0.39 is 0 Å². The minimum Gasteiger partial charge on any atom is -0.355 e. The van der Waals surface area contributed by atoms with Gasteiger partial charge in [-0.2, -0.15) is 0 Å². The van der Waals surface area contributed by atoms with Gasteiger partial charge in [-0.1, -0.05) is 6.58 Å². The summed E-state index contributed by atoms with van der Waals surface area (Å²) >= 11 is 0. The molecule has 1 amide bonds. The molecule has 0 aliphatic carbocycles. The summed E-state index contributed by atoms with van der Waals surface area (Å²) in [5, 5.41) is 2.42. The first-order valence-corrected chi connectivity index (χ1v) is 2.55. The van der Waals surface area contributed by atoms with Crippen LogP contribution in [0.5, 0.6) is 0 Å². The fourth-order valence-corrected chi connectivity index (χ4v) is 0.375. The molecule has 0 aliphatic rings. The Hall–Kier alpha value is -1.12. The van der Waals surface area contributed by atoms with Crippen LogP contribution in [0.1, 0.15) is 0 Å². The summed E-state index contributed by atoms with van der Waals surface area (Å²) in [7, 11) is 3.14. The minimum atomic E-state index is -0.194. The molecule has 0 radical (unpaired) electrons. The second kappa shape index (κ2) is 3.83. The Kier molecular flexibility index (Phi) is 3.35. The zero-order chi connectivity index (χ0) is 7.28. The average Bonchev–Trinajstić information content (AvgIpc) is 1.87. The van der Waals surface area contributed by atoms with Crippen molar-refractivity contribution in [2.75, 3.05) is 14.1 Å². The molecule has 0 aliphatic heterocycles. The van der Waals surface area contributed by atoms with E-state index in [-0.39, 0.29) is 5.91 Å². The van der Waals surface area contributed by atoms with Gasteiger partial charge < -0.3 is 5.32 Å². The summed E-state index contributed by atoms with van der Waals surface area (Å²) in [5.74, 6) is -0.194. The molecule has 0 saturated carbocycles. The van der Waals surface area contributed by atoms with Crippen molar-refractivity contribution in [1.29, 1.82) is 0 Å². The standard InChI is InChI=1S/C6H10N2O/c1-5(4-7-2)6(9)8-3/h4H,1H2,2-3H3,(H,8,9)/b7-4-. The van der Waals surface area contributed by atoms with Gasteiger partial charge in [0.1, 0.15) is 0 Å². The summed E-state index contributed by atoms with van der Waals surface area (Å²) in [6.07, 6.45) is 1.42. The molecule has 0 saturated heterocycles. The zero-order valence-electron chi connectivity index (χ0n) is 5.64. The van der Waals surface area contributed by atoms with Crippen LogP contribution in [-0.4, -0.2) is 26.2 Å². The third-order valence-corrected chi connectivity index (χ3v) is 0.804. The van der Waals surface area contributed by atoms with E-state index in [0.29, 0.717) is 5.57 Å². The monoisotopic (exact) mass is 126 g/mol. The molecule has 0 aromatic rings. The van der Waals surface area contributed by atoms with Crippen molar-refractivity contribution in [3.05, 3.63) is 12.2 Å². The molecular formula is C6H10N2O. The normalized spacial score (nSPS) is 9.56. The molecule has 0 aromatic carbocycles. The van der Waals surface area contributed by atoms with E-state index >= 15 is 0 Å². The van der Waals surface area contributed by atoms with Crippen LogP contribution >= 0.6 is 0 Å². The van der Waals surface area contributed by atoms with E-state index in [9.17, 15) is 4.79 Å². The number of carbonyl (C=O) groups excluding carboxylic acids is 1. The highest BCUT2D eigenvalue weighted by Crippen LogP contribution is 1.81. The lowest BCUT2D eigenvalue weighted by atomic mass is 10.3. The van der Waals surface area contributed by atoms with Crippen LogP contribution in [0.15, 0.2) is 17.1 Å². The van der Waals surface area contributed by atoms with Crippen molar-refractivity contribution in [1.82, 2.24) is 5.32 Å². The van der Waals surface area contributed by atoms with Crippen LogP contribution in [0.3, 0.4) is 0 Å². The maximum atomic E-state index is 10.6. The fourth-order valence-electron chi connectivity index (χ4n) is 0.375. The van der Waals surface area contributed by atoms with Gasteiger partial charge in [-0.25, -0.2) is 0 Å². The van der Waals surface area contributed by atoms with E-state index in [0.717, 1.165) is 0 Å². The van der Waals surface area contributed by atoms with E-state index in [1.807, 2.05) is 0 Å². The number of rotatable bonds is 2. The minimum absolute atomic E-state index is 0.194. The zero-order valence-corrected chi connectivity index (χ0v) is 5.64. The largest absolute Gasteiger partial charge is 0.355 e. The van der Waals surface area contributed by atoms with Crippen LogP contribution in [-0.2, 0) is 4.79 Å². The summed E-state index contributed by atoms with van der Waals surface area (Å²) in [6.45, 7) is 3.45. The van der Waals surface area contributed by atoms with Gasteiger partial charge in [-0.05, 0) is 0 Å². The molecule has 0 aromatic heterocycles. The van der Waals surface area contributed by atoms with Gasteiger partial charge in [0.05, 0.1) is 0 Å². The Morgan fingerprint density at radius 2 is 2.33 bits per heavy atom. The molecule has 0 bridgehead atoms. The highest BCUT2D eigenvalue weighted by Gasteiger charge is 1.97. The van der Waals surface area contributed by atoms with Gasteiger partial charge in [0, 0.05) is 25.9 Å². The number of aliphatic imine (C=N–C) groups is 1. The molecule has 0 fully saturated rings. The van der Waals surface area contributed by atoms with Crippen molar-refractivity contribution >= 4 is 12.1 Å². The van der Waals surface area contributed by atoms with Crippen LogP contribution in [0.25, 0.3) is 0 Å². The SMILES string of the molecule is C=C(/C=N\C)C(=O)NC. The highest BCUT2D eigenvalue weighted by atomic mass is 16.1. The number of hydrogen-bond acceptors (Lipinski definition) is 2. The predicted octanol–water partition coefficient (Wildman–Crippen LogP) is -0.0108. The van der Waals surface area contributed by atoms with Crippen molar-refractivity contribution in [2.24, 2.45) is 4.99 Å². The van der Waals surface area contributed by atoms with Crippen LogP contribution in [0.2, 0.25) is 0 Å². The molecule has 0 heterocycles. The van der Waals surface area contributed by atoms with Gasteiger partial charge in [0.25, 0.3) is 5.91 Å². The summed E-state index contributed by atoms with van der Waals surface area (Å²) in [5.41, 5.74) is 0.375. The number of hydrogen-bond donors (Lipinski definition) is 1. The smallest absolute Gasteiger partial charge is 0.251 e. The maximum absolute atomic E-state index is 10.6. The lowest BCUT2D eigenvalue weighted by Crippen LogP contribution is -2.19. The predicted molar refractivity (Wildman–Crippen MR) is 37.6 cm³/mol. The van der Waals surface area contributed by atoms with Gasteiger partial charge >= 0.3 is 0 Å². The second-order valence-electron chi connectivity index (χ2n) is 1.49. The first-order chi connectivity index (χ1) is 4.22. The molecule has 0 spiro atoms. The number of nitrogens with one attached hydrogen (secondary N) is 1. The lowest BCUT2D eigenvalue weighted by molar-refractivity contribution is -0.116. The molecule has 0 atom stereocenters. The molecule has 0 unspecified atom stereocenters. The first kappa shape index (κ1) is 7.88. The van der Waals surface area contributed by atoms with Gasteiger partial charge in [0.2, 0.25) is 0 Å². The van der Waals surface area contributed by atoms with Crippen molar-refractivity contribution < 1.29 is 4.79 Å². The molecule has 1 N–H and O–H groups in total. The van der Waals surface area contributed by atoms with Crippen molar-refractivity contribution in [3.63, 3.8) is 0 Å². The number of carbonyl (C=O) groups is 1. The molecule has 3 nitrogen and oxygen atoms in total. The highest BCUT2D eigenvalue weighted by molar-refractivity contribution is 6.11. The second-order valence-corrected chi connectivity index (χ2v) is 1.49. The third-order valence-electron chi connectivity index (χ3n) is 0.804. The lowest BCUT2D eigenvalue weighted by Gasteiger charge is -1.93. The Morgan fingerprint density at radius 3 is 2.67 bits per heavy atom. The molecule has 9 heavy (non-hydrogen) atoms. The summed E-state index contributed by atoms with van der Waals surface area (Å²) in [4.78, 5) is 14.2. The topological polar surface area (TPSA) is 41.5 Å².